The highest BCUT2D eigenvalue weighted by Crippen LogP contribution is 2.29. The quantitative estimate of drug-likeness (QED) is 0.662. The molecule has 1 aliphatic rings. The number of methoxy groups -OCH3 is 1. The fourth-order valence-electron chi connectivity index (χ4n) is 3.73. The number of hydrogen-bond acceptors (Lipinski definition) is 6. The van der Waals surface area contributed by atoms with Crippen LogP contribution in [0.3, 0.4) is 0 Å². The molecular weight excluding hydrogens is 368 g/mol. The van der Waals surface area contributed by atoms with Crippen molar-refractivity contribution < 1.29 is 13.9 Å². The van der Waals surface area contributed by atoms with Gasteiger partial charge in [-0.2, -0.15) is 0 Å². The smallest absolute Gasteiger partial charge is 0.272 e. The van der Waals surface area contributed by atoms with E-state index in [4.69, 9.17) is 9.15 Å². The largest absolute Gasteiger partial charge is 0.496 e. The number of carbonyl (C=O) groups is 1. The normalized spacial score (nSPS) is 16.6. The Bertz CT molecular complexity index is 1000. The summed E-state index contributed by atoms with van der Waals surface area (Å²) in [6, 6.07) is 9.54. The van der Waals surface area contributed by atoms with E-state index in [1.54, 1.807) is 32.5 Å². The van der Waals surface area contributed by atoms with E-state index < -0.39 is 0 Å². The number of amides is 1. The van der Waals surface area contributed by atoms with Gasteiger partial charge in [0, 0.05) is 31.3 Å². The molecule has 150 valence electrons. The minimum atomic E-state index is -0.0685. The molecule has 0 spiro atoms. The van der Waals surface area contributed by atoms with Crippen molar-refractivity contribution in [1.82, 2.24) is 19.9 Å². The second kappa shape index (κ2) is 8.43. The summed E-state index contributed by atoms with van der Waals surface area (Å²) in [5, 5.41) is 0. The zero-order chi connectivity index (χ0) is 20.2. The molecule has 1 fully saturated rings. The molecule has 1 aliphatic heterocycles. The van der Waals surface area contributed by atoms with Crippen LogP contribution in [0.5, 0.6) is 5.75 Å². The van der Waals surface area contributed by atoms with Crippen LogP contribution < -0.4 is 4.74 Å². The molecular formula is C22H24N4O3. The fourth-order valence-corrected chi connectivity index (χ4v) is 3.73. The first-order valence-electron chi connectivity index (χ1n) is 9.79. The van der Waals surface area contributed by atoms with Crippen molar-refractivity contribution >= 4 is 5.91 Å². The summed E-state index contributed by atoms with van der Waals surface area (Å²) >= 11 is 0. The molecule has 0 saturated carbocycles. The van der Waals surface area contributed by atoms with Crippen LogP contribution in [0.4, 0.5) is 0 Å². The van der Waals surface area contributed by atoms with Crippen LogP contribution in [0.1, 0.15) is 52.3 Å². The lowest BCUT2D eigenvalue weighted by Crippen LogP contribution is -2.39. The number of benzene rings is 1. The minimum absolute atomic E-state index is 0.0685. The van der Waals surface area contributed by atoms with Gasteiger partial charge in [-0.3, -0.25) is 4.79 Å². The number of oxazole rings is 1. The Hall–Kier alpha value is -3.22. The van der Waals surface area contributed by atoms with Crippen molar-refractivity contribution in [2.45, 2.75) is 32.1 Å². The van der Waals surface area contributed by atoms with Gasteiger partial charge >= 0.3 is 0 Å². The number of hydrogen-bond donors (Lipinski definition) is 0. The number of ether oxygens (including phenoxy) is 1. The maximum Gasteiger partial charge on any atom is 0.272 e. The summed E-state index contributed by atoms with van der Waals surface area (Å²) in [5.74, 6) is 2.92. The predicted molar refractivity (Wildman–Crippen MR) is 107 cm³/mol. The zero-order valence-electron chi connectivity index (χ0n) is 16.7. The van der Waals surface area contributed by atoms with Crippen molar-refractivity contribution in [3.63, 3.8) is 0 Å². The number of carbonyl (C=O) groups excluding carboxylic acids is 1. The lowest BCUT2D eigenvalue weighted by Gasteiger charge is -2.31. The summed E-state index contributed by atoms with van der Waals surface area (Å²) < 4.78 is 11.5. The zero-order valence-corrected chi connectivity index (χ0v) is 16.7. The molecule has 0 N–H and O–H groups in total. The van der Waals surface area contributed by atoms with E-state index in [2.05, 4.69) is 15.0 Å². The van der Waals surface area contributed by atoms with Crippen LogP contribution in [0.2, 0.25) is 0 Å². The second-order valence-electron chi connectivity index (χ2n) is 7.23. The SMILES string of the molecule is COc1ccccc1Cc1cnc(C2CCCN(C(=O)c3ccnc(C)n3)C2)o1. The van der Waals surface area contributed by atoms with Crippen molar-refractivity contribution in [3.05, 3.63) is 71.5 Å². The first-order chi connectivity index (χ1) is 14.1. The molecule has 0 bridgehead atoms. The molecule has 1 unspecified atom stereocenters. The van der Waals surface area contributed by atoms with Crippen LogP contribution >= 0.6 is 0 Å². The molecule has 7 heteroatoms. The molecule has 3 heterocycles. The molecule has 4 rings (SSSR count). The van der Waals surface area contributed by atoms with Gasteiger partial charge in [0.25, 0.3) is 5.91 Å². The Morgan fingerprint density at radius 3 is 2.97 bits per heavy atom. The van der Waals surface area contributed by atoms with Gasteiger partial charge in [-0.05, 0) is 31.9 Å². The molecule has 1 saturated heterocycles. The van der Waals surface area contributed by atoms with Crippen LogP contribution in [-0.2, 0) is 6.42 Å². The van der Waals surface area contributed by atoms with Gasteiger partial charge in [0.15, 0.2) is 5.89 Å². The number of para-hydroxylation sites is 1. The van der Waals surface area contributed by atoms with E-state index in [0.29, 0.717) is 36.9 Å². The van der Waals surface area contributed by atoms with Gasteiger partial charge < -0.3 is 14.1 Å². The summed E-state index contributed by atoms with van der Waals surface area (Å²) in [7, 11) is 1.66. The molecule has 3 aromatic rings. The molecule has 7 nitrogen and oxygen atoms in total. The van der Waals surface area contributed by atoms with E-state index in [1.165, 1.54) is 0 Å². The Labute approximate surface area is 169 Å². The summed E-state index contributed by atoms with van der Waals surface area (Å²) in [6.07, 6.45) is 5.87. The monoisotopic (exact) mass is 392 g/mol. The third kappa shape index (κ3) is 4.29. The average Bonchev–Trinajstić information content (AvgIpc) is 3.22. The van der Waals surface area contributed by atoms with Gasteiger partial charge in [0.1, 0.15) is 23.0 Å². The van der Waals surface area contributed by atoms with E-state index in [1.807, 2.05) is 29.2 Å². The predicted octanol–water partition coefficient (Wildman–Crippen LogP) is 3.39. The number of aromatic nitrogens is 3. The maximum absolute atomic E-state index is 12.8. The van der Waals surface area contributed by atoms with Gasteiger partial charge in [-0.25, -0.2) is 15.0 Å². The number of nitrogens with zero attached hydrogens (tertiary/aromatic N) is 4. The highest BCUT2D eigenvalue weighted by atomic mass is 16.5. The van der Waals surface area contributed by atoms with E-state index in [0.717, 1.165) is 29.9 Å². The Kier molecular flexibility index (Phi) is 5.55. The maximum atomic E-state index is 12.8. The molecule has 29 heavy (non-hydrogen) atoms. The van der Waals surface area contributed by atoms with Crippen molar-refractivity contribution in [3.8, 4) is 5.75 Å². The van der Waals surface area contributed by atoms with Crippen molar-refractivity contribution in [2.24, 2.45) is 0 Å². The van der Waals surface area contributed by atoms with Crippen molar-refractivity contribution in [1.29, 1.82) is 0 Å². The fraction of sp³-hybridized carbons (Fsp3) is 0.364. The Morgan fingerprint density at radius 2 is 2.14 bits per heavy atom. The standard InChI is InChI=1S/C22H24N4O3/c1-15-23-10-9-19(25-15)22(27)26-11-5-7-17(14-26)21-24-13-18(29-21)12-16-6-3-4-8-20(16)28-2/h3-4,6,8-10,13,17H,5,7,11-12,14H2,1-2H3. The van der Waals surface area contributed by atoms with Gasteiger partial charge in [0.05, 0.1) is 19.2 Å². The van der Waals surface area contributed by atoms with Crippen LogP contribution in [0, 0.1) is 6.92 Å². The lowest BCUT2D eigenvalue weighted by atomic mass is 9.97. The third-order valence-corrected chi connectivity index (χ3v) is 5.18. The topological polar surface area (TPSA) is 81.4 Å². The number of likely N-dealkylation sites (tertiary alicyclic amines) is 1. The minimum Gasteiger partial charge on any atom is -0.496 e. The second-order valence-corrected chi connectivity index (χ2v) is 7.23. The Balaban J connectivity index is 1.46. The Morgan fingerprint density at radius 1 is 1.28 bits per heavy atom. The summed E-state index contributed by atoms with van der Waals surface area (Å²) in [5.41, 5.74) is 1.49. The molecule has 1 atom stereocenters. The van der Waals surface area contributed by atoms with Crippen molar-refractivity contribution in [2.75, 3.05) is 20.2 Å². The van der Waals surface area contributed by atoms with E-state index in [-0.39, 0.29) is 11.8 Å². The van der Waals surface area contributed by atoms with Gasteiger partial charge in [-0.1, -0.05) is 18.2 Å². The average molecular weight is 392 g/mol. The van der Waals surface area contributed by atoms with Crippen LogP contribution in [0.15, 0.2) is 47.1 Å². The molecule has 0 radical (unpaired) electrons. The van der Waals surface area contributed by atoms with Crippen LogP contribution in [0.25, 0.3) is 0 Å². The summed E-state index contributed by atoms with van der Waals surface area (Å²) in [6.45, 7) is 3.08. The summed E-state index contributed by atoms with van der Waals surface area (Å²) in [4.78, 5) is 27.5. The highest BCUT2D eigenvalue weighted by molar-refractivity contribution is 5.92. The van der Waals surface area contributed by atoms with Gasteiger partial charge in [0.2, 0.25) is 0 Å². The molecule has 1 amide bonds. The molecule has 0 aliphatic carbocycles. The first-order valence-corrected chi connectivity index (χ1v) is 9.79. The first kappa shape index (κ1) is 19.1. The number of aryl methyl sites for hydroxylation is 1. The van der Waals surface area contributed by atoms with E-state index in [9.17, 15) is 4.79 Å². The lowest BCUT2D eigenvalue weighted by molar-refractivity contribution is 0.0691. The molecule has 2 aromatic heterocycles. The highest BCUT2D eigenvalue weighted by Gasteiger charge is 2.29. The number of rotatable bonds is 5. The van der Waals surface area contributed by atoms with E-state index >= 15 is 0 Å². The number of piperidine rings is 1. The van der Waals surface area contributed by atoms with Crippen LogP contribution in [-0.4, -0.2) is 46.0 Å². The van der Waals surface area contributed by atoms with Gasteiger partial charge in [-0.15, -0.1) is 0 Å². The molecule has 1 aromatic carbocycles. The third-order valence-electron chi connectivity index (χ3n) is 5.18.